The fourth-order valence-electron chi connectivity index (χ4n) is 3.27. The normalized spacial score (nSPS) is 10.9. The summed E-state index contributed by atoms with van der Waals surface area (Å²) in [4.78, 5) is 20.2. The number of methoxy groups -OCH3 is 2. The summed E-state index contributed by atoms with van der Waals surface area (Å²) in [6, 6.07) is 10.3. The van der Waals surface area contributed by atoms with Crippen LogP contribution in [0.2, 0.25) is 0 Å². The lowest BCUT2D eigenvalue weighted by Crippen LogP contribution is -2.16. The minimum atomic E-state index is -1.70. The third-order valence-corrected chi connectivity index (χ3v) is 5.03. The predicted octanol–water partition coefficient (Wildman–Crippen LogP) is 5.23. The van der Waals surface area contributed by atoms with Crippen LogP contribution < -0.4 is 14.8 Å². The Hall–Kier alpha value is -4.01. The molecular weight excluding hydrogens is 423 g/mol. The van der Waals surface area contributed by atoms with Crippen LogP contribution in [-0.2, 0) is 0 Å². The Kier molecular flexibility index (Phi) is 5.48. The highest BCUT2D eigenvalue weighted by atomic mass is 19.2. The van der Waals surface area contributed by atoms with Crippen molar-refractivity contribution < 1.29 is 27.4 Å². The van der Waals surface area contributed by atoms with E-state index in [1.54, 1.807) is 37.3 Å². The molecule has 0 unspecified atom stereocenters. The lowest BCUT2D eigenvalue weighted by molar-refractivity contribution is 0.102. The molecule has 0 fully saturated rings. The maximum Gasteiger partial charge on any atom is 0.258 e. The van der Waals surface area contributed by atoms with Crippen LogP contribution in [0.4, 0.5) is 18.9 Å². The first-order valence-electron chi connectivity index (χ1n) is 9.50. The summed E-state index contributed by atoms with van der Waals surface area (Å²) in [7, 11) is 3.06. The van der Waals surface area contributed by atoms with Crippen molar-refractivity contribution in [3.8, 4) is 22.9 Å². The zero-order valence-electron chi connectivity index (χ0n) is 17.3. The fraction of sp³-hybridized carbons (Fsp3) is 0.130. The number of anilines is 1. The summed E-state index contributed by atoms with van der Waals surface area (Å²) in [5.41, 5.74) is 2.46. The van der Waals surface area contributed by atoms with E-state index in [4.69, 9.17) is 9.47 Å². The lowest BCUT2D eigenvalue weighted by atomic mass is 10.1. The minimum Gasteiger partial charge on any atom is -0.493 e. The third-order valence-electron chi connectivity index (χ3n) is 5.03. The lowest BCUT2D eigenvalue weighted by Gasteiger charge is -2.11. The Morgan fingerprint density at radius 2 is 1.69 bits per heavy atom. The van der Waals surface area contributed by atoms with Gasteiger partial charge in [-0.2, -0.15) is 0 Å². The number of nitrogens with one attached hydrogen (secondary N) is 2. The van der Waals surface area contributed by atoms with Crippen LogP contribution in [0, 0.1) is 24.4 Å². The number of halogens is 3. The van der Waals surface area contributed by atoms with Gasteiger partial charge in [0.25, 0.3) is 5.91 Å². The topological polar surface area (TPSA) is 76.2 Å². The number of nitrogens with zero attached hydrogens (tertiary/aromatic N) is 1. The minimum absolute atomic E-state index is 0.368. The van der Waals surface area contributed by atoms with Gasteiger partial charge in [-0.25, -0.2) is 18.2 Å². The SMILES string of the molecule is COc1cc2nc(-c3ccc(C)c(NC(=O)c4ccc(F)c(F)c4F)c3)[nH]c2cc1OC. The highest BCUT2D eigenvalue weighted by Gasteiger charge is 2.20. The summed E-state index contributed by atoms with van der Waals surface area (Å²) in [6.45, 7) is 1.75. The zero-order valence-corrected chi connectivity index (χ0v) is 17.3. The van der Waals surface area contributed by atoms with Crippen molar-refractivity contribution in [3.05, 3.63) is 71.0 Å². The van der Waals surface area contributed by atoms with Crippen LogP contribution in [-0.4, -0.2) is 30.1 Å². The number of rotatable bonds is 5. The molecule has 0 bridgehead atoms. The number of aryl methyl sites for hydroxylation is 1. The molecule has 32 heavy (non-hydrogen) atoms. The van der Waals surface area contributed by atoms with E-state index in [9.17, 15) is 18.0 Å². The number of carbonyl (C=O) groups is 1. The molecule has 6 nitrogen and oxygen atoms in total. The Bertz CT molecular complexity index is 1310. The van der Waals surface area contributed by atoms with Gasteiger partial charge in [-0.05, 0) is 30.7 Å². The number of ether oxygens (including phenoxy) is 2. The number of aromatic nitrogens is 2. The quantitative estimate of drug-likeness (QED) is 0.416. The van der Waals surface area contributed by atoms with Crippen molar-refractivity contribution in [2.75, 3.05) is 19.5 Å². The van der Waals surface area contributed by atoms with Gasteiger partial charge in [-0.1, -0.05) is 12.1 Å². The van der Waals surface area contributed by atoms with Crippen LogP contribution in [0.3, 0.4) is 0 Å². The van der Waals surface area contributed by atoms with Crippen LogP contribution in [0.5, 0.6) is 11.5 Å². The summed E-state index contributed by atoms with van der Waals surface area (Å²) in [6.07, 6.45) is 0. The van der Waals surface area contributed by atoms with Gasteiger partial charge in [0.15, 0.2) is 29.0 Å². The van der Waals surface area contributed by atoms with E-state index < -0.39 is 28.9 Å². The van der Waals surface area contributed by atoms with Crippen molar-refractivity contribution in [3.63, 3.8) is 0 Å². The first kappa shape index (κ1) is 21.2. The average molecular weight is 441 g/mol. The van der Waals surface area contributed by atoms with Crippen molar-refractivity contribution in [2.45, 2.75) is 6.92 Å². The molecule has 0 aliphatic carbocycles. The second-order valence-electron chi connectivity index (χ2n) is 7.02. The van der Waals surface area contributed by atoms with E-state index in [-0.39, 0.29) is 0 Å². The smallest absolute Gasteiger partial charge is 0.258 e. The van der Waals surface area contributed by atoms with Gasteiger partial charge >= 0.3 is 0 Å². The Morgan fingerprint density at radius 1 is 0.969 bits per heavy atom. The molecule has 2 N–H and O–H groups in total. The highest BCUT2D eigenvalue weighted by Crippen LogP contribution is 2.33. The van der Waals surface area contributed by atoms with Crippen molar-refractivity contribution in [1.82, 2.24) is 9.97 Å². The molecule has 164 valence electrons. The van der Waals surface area contributed by atoms with Crippen molar-refractivity contribution in [1.29, 1.82) is 0 Å². The molecule has 3 aromatic carbocycles. The van der Waals surface area contributed by atoms with Crippen LogP contribution >= 0.6 is 0 Å². The van der Waals surface area contributed by atoms with Gasteiger partial charge in [0.1, 0.15) is 5.82 Å². The fourth-order valence-corrected chi connectivity index (χ4v) is 3.27. The molecule has 0 saturated carbocycles. The summed E-state index contributed by atoms with van der Waals surface area (Å²) < 4.78 is 51.3. The summed E-state index contributed by atoms with van der Waals surface area (Å²) in [5, 5.41) is 2.54. The summed E-state index contributed by atoms with van der Waals surface area (Å²) in [5.74, 6) is -3.92. The summed E-state index contributed by atoms with van der Waals surface area (Å²) >= 11 is 0. The second-order valence-corrected chi connectivity index (χ2v) is 7.02. The number of benzene rings is 3. The maximum atomic E-state index is 14.0. The number of aromatic amines is 1. The standard InChI is InChI=1S/C23H18F3N3O3/c1-11-4-5-12(22-27-16-9-18(31-2)19(32-3)10-17(16)28-22)8-15(11)29-23(30)13-6-7-14(24)21(26)20(13)25/h4-10H,1-3H3,(H,27,28)(H,29,30). The van der Waals surface area contributed by atoms with E-state index in [0.29, 0.717) is 51.2 Å². The molecule has 0 atom stereocenters. The molecule has 0 aliphatic rings. The van der Waals surface area contributed by atoms with Gasteiger partial charge in [-0.3, -0.25) is 4.79 Å². The first-order chi connectivity index (χ1) is 15.3. The molecule has 0 aliphatic heterocycles. The highest BCUT2D eigenvalue weighted by molar-refractivity contribution is 6.05. The number of hydrogen-bond acceptors (Lipinski definition) is 4. The molecule has 1 amide bonds. The molecule has 0 radical (unpaired) electrons. The number of H-pyrrole nitrogens is 1. The van der Waals surface area contributed by atoms with Gasteiger partial charge in [0, 0.05) is 23.4 Å². The Morgan fingerprint density at radius 3 is 2.41 bits per heavy atom. The van der Waals surface area contributed by atoms with Crippen molar-refractivity contribution >= 4 is 22.6 Å². The predicted molar refractivity (Wildman–Crippen MR) is 114 cm³/mol. The molecule has 4 aromatic rings. The number of imidazole rings is 1. The molecule has 9 heteroatoms. The monoisotopic (exact) mass is 441 g/mol. The van der Waals surface area contributed by atoms with Gasteiger partial charge in [0.05, 0.1) is 30.8 Å². The van der Waals surface area contributed by atoms with Crippen LogP contribution in [0.15, 0.2) is 42.5 Å². The van der Waals surface area contributed by atoms with E-state index in [0.717, 1.165) is 6.07 Å². The molecule has 0 spiro atoms. The zero-order chi connectivity index (χ0) is 23.0. The van der Waals surface area contributed by atoms with Crippen LogP contribution in [0.25, 0.3) is 22.4 Å². The van der Waals surface area contributed by atoms with Gasteiger partial charge < -0.3 is 19.8 Å². The number of amides is 1. The third kappa shape index (κ3) is 3.73. The van der Waals surface area contributed by atoms with E-state index in [2.05, 4.69) is 15.3 Å². The van der Waals surface area contributed by atoms with Crippen LogP contribution in [0.1, 0.15) is 15.9 Å². The van der Waals surface area contributed by atoms with E-state index in [1.807, 2.05) is 0 Å². The Balaban J connectivity index is 1.69. The average Bonchev–Trinajstić information content (AvgIpc) is 3.20. The molecule has 1 heterocycles. The van der Waals surface area contributed by atoms with Gasteiger partial charge in [0.2, 0.25) is 0 Å². The van der Waals surface area contributed by atoms with Crippen molar-refractivity contribution in [2.24, 2.45) is 0 Å². The number of fused-ring (bicyclic) bond motifs is 1. The number of carbonyl (C=O) groups excluding carboxylic acids is 1. The Labute approximate surface area is 181 Å². The second kappa shape index (κ2) is 8.26. The first-order valence-corrected chi connectivity index (χ1v) is 9.50. The largest absolute Gasteiger partial charge is 0.493 e. The van der Waals surface area contributed by atoms with E-state index >= 15 is 0 Å². The molecular formula is C23H18F3N3O3. The maximum absolute atomic E-state index is 14.0. The molecule has 1 aromatic heterocycles. The molecule has 0 saturated heterocycles. The number of hydrogen-bond donors (Lipinski definition) is 2. The van der Waals surface area contributed by atoms with Gasteiger partial charge in [-0.15, -0.1) is 0 Å². The van der Waals surface area contributed by atoms with E-state index in [1.165, 1.54) is 14.2 Å². The molecule has 4 rings (SSSR count).